The van der Waals surface area contributed by atoms with Gasteiger partial charge < -0.3 is 0 Å². The molecular formula is C49H35N3Si. The molecule has 1 aliphatic heterocycles. The second-order valence-corrected chi connectivity index (χ2v) is 18.8. The molecule has 0 aliphatic carbocycles. The number of nitrogens with zero attached hydrogens (tertiary/aromatic N) is 3. The summed E-state index contributed by atoms with van der Waals surface area (Å²) >= 11 is 0. The monoisotopic (exact) mass is 693 g/mol. The molecule has 9 aromatic rings. The van der Waals surface area contributed by atoms with Crippen LogP contribution in [0.3, 0.4) is 0 Å². The van der Waals surface area contributed by atoms with Gasteiger partial charge in [-0.2, -0.15) is 0 Å². The SMILES string of the molecule is C[Si]1(C)c2cc3ccccc3cc2-c2c(-c3nc(-c4ccc(-c5ccccc5)cc4)nc(-c4ccc5cc(-c6ccccc6)ccc5c4)n3)cccc21. The van der Waals surface area contributed by atoms with Crippen LogP contribution in [-0.4, -0.2) is 23.0 Å². The van der Waals surface area contributed by atoms with Crippen molar-refractivity contribution in [2.75, 3.05) is 0 Å². The zero-order chi connectivity index (χ0) is 35.5. The van der Waals surface area contributed by atoms with Gasteiger partial charge in [-0.3, -0.25) is 0 Å². The fourth-order valence-corrected chi connectivity index (χ4v) is 11.1. The molecule has 0 fully saturated rings. The van der Waals surface area contributed by atoms with Gasteiger partial charge in [0.2, 0.25) is 0 Å². The molecule has 0 saturated carbocycles. The van der Waals surface area contributed by atoms with E-state index < -0.39 is 8.07 Å². The highest BCUT2D eigenvalue weighted by atomic mass is 28.3. The topological polar surface area (TPSA) is 38.7 Å². The maximum atomic E-state index is 5.29. The summed E-state index contributed by atoms with van der Waals surface area (Å²) in [6.07, 6.45) is 0. The lowest BCUT2D eigenvalue weighted by molar-refractivity contribution is 1.08. The Morgan fingerprint density at radius 1 is 0.321 bits per heavy atom. The smallest absolute Gasteiger partial charge is 0.164 e. The van der Waals surface area contributed by atoms with Gasteiger partial charge in [0.1, 0.15) is 8.07 Å². The second kappa shape index (κ2) is 12.3. The van der Waals surface area contributed by atoms with E-state index in [9.17, 15) is 0 Å². The van der Waals surface area contributed by atoms with Gasteiger partial charge in [-0.15, -0.1) is 0 Å². The second-order valence-electron chi connectivity index (χ2n) is 14.5. The lowest BCUT2D eigenvalue weighted by Gasteiger charge is -2.19. The van der Waals surface area contributed by atoms with Crippen molar-refractivity contribution < 1.29 is 0 Å². The molecule has 3 nitrogen and oxygen atoms in total. The predicted octanol–water partition coefficient (Wildman–Crippen LogP) is 11.3. The van der Waals surface area contributed by atoms with E-state index in [0.29, 0.717) is 17.5 Å². The van der Waals surface area contributed by atoms with Crippen LogP contribution < -0.4 is 10.4 Å². The van der Waals surface area contributed by atoms with Gasteiger partial charge in [0, 0.05) is 16.7 Å². The number of aromatic nitrogens is 3. The highest BCUT2D eigenvalue weighted by molar-refractivity contribution is 7.04. The molecule has 0 bridgehead atoms. The summed E-state index contributed by atoms with van der Waals surface area (Å²) in [7, 11) is -1.99. The summed E-state index contributed by atoms with van der Waals surface area (Å²) in [5.74, 6) is 2.02. The van der Waals surface area contributed by atoms with Crippen molar-refractivity contribution in [1.29, 1.82) is 0 Å². The van der Waals surface area contributed by atoms with E-state index in [0.717, 1.165) is 27.6 Å². The zero-order valence-electron chi connectivity index (χ0n) is 29.6. The Balaban J connectivity index is 1.15. The van der Waals surface area contributed by atoms with E-state index >= 15 is 0 Å². The van der Waals surface area contributed by atoms with Gasteiger partial charge in [0.25, 0.3) is 0 Å². The summed E-state index contributed by atoms with van der Waals surface area (Å²) in [6.45, 7) is 4.93. The summed E-state index contributed by atoms with van der Waals surface area (Å²) in [6, 6.07) is 63.0. The summed E-state index contributed by atoms with van der Waals surface area (Å²) in [4.78, 5) is 15.7. The quantitative estimate of drug-likeness (QED) is 0.168. The van der Waals surface area contributed by atoms with Gasteiger partial charge in [-0.05, 0) is 83.5 Å². The fraction of sp³-hybridized carbons (Fsp3) is 0.0408. The Labute approximate surface area is 310 Å². The first kappa shape index (κ1) is 31.3. The van der Waals surface area contributed by atoms with Crippen molar-refractivity contribution in [2.45, 2.75) is 13.1 Å². The third-order valence-electron chi connectivity index (χ3n) is 10.9. The minimum atomic E-state index is -1.99. The number of fused-ring (bicyclic) bond motifs is 5. The average molecular weight is 694 g/mol. The Morgan fingerprint density at radius 3 is 1.51 bits per heavy atom. The van der Waals surface area contributed by atoms with E-state index in [1.165, 1.54) is 54.3 Å². The van der Waals surface area contributed by atoms with E-state index in [-0.39, 0.29) is 0 Å². The molecule has 0 spiro atoms. The highest BCUT2D eigenvalue weighted by Gasteiger charge is 2.39. The molecule has 0 unspecified atom stereocenters. The maximum Gasteiger partial charge on any atom is 0.164 e. The molecule has 1 aliphatic rings. The molecule has 0 amide bonds. The van der Waals surface area contributed by atoms with Gasteiger partial charge in [0.15, 0.2) is 17.5 Å². The molecule has 0 N–H and O–H groups in total. The van der Waals surface area contributed by atoms with Gasteiger partial charge in [-0.25, -0.2) is 15.0 Å². The zero-order valence-corrected chi connectivity index (χ0v) is 30.6. The molecule has 4 heteroatoms. The minimum Gasteiger partial charge on any atom is -0.208 e. The molecule has 8 aromatic carbocycles. The third-order valence-corrected chi connectivity index (χ3v) is 14.4. The Bertz CT molecular complexity index is 2850. The molecule has 0 atom stereocenters. The Kier molecular flexibility index (Phi) is 7.27. The van der Waals surface area contributed by atoms with E-state index in [2.05, 4.69) is 183 Å². The van der Waals surface area contributed by atoms with Gasteiger partial charge >= 0.3 is 0 Å². The first-order chi connectivity index (χ1) is 26.0. The first-order valence-electron chi connectivity index (χ1n) is 18.2. The molecule has 250 valence electrons. The minimum absolute atomic E-state index is 0.662. The average Bonchev–Trinajstić information content (AvgIpc) is 3.45. The number of benzene rings is 8. The van der Waals surface area contributed by atoms with Crippen LogP contribution in [0.2, 0.25) is 13.1 Å². The van der Waals surface area contributed by atoms with Gasteiger partial charge in [0.05, 0.1) is 0 Å². The van der Waals surface area contributed by atoms with Crippen molar-refractivity contribution in [3.05, 3.63) is 176 Å². The largest absolute Gasteiger partial charge is 0.208 e. The van der Waals surface area contributed by atoms with Crippen molar-refractivity contribution in [1.82, 2.24) is 15.0 Å². The molecule has 0 saturated heterocycles. The van der Waals surface area contributed by atoms with Crippen LogP contribution in [0.15, 0.2) is 176 Å². The molecule has 53 heavy (non-hydrogen) atoms. The lowest BCUT2D eigenvalue weighted by Crippen LogP contribution is -2.49. The standard InChI is InChI=1S/C49H35N3Si/c1-53(2)44-19-11-18-42(46(44)43-30-36-16-9-10-17-37(36)31-45(43)53)49-51-47(35-22-20-34(21-23-35)32-12-5-3-6-13-32)50-48(52-49)41-27-26-39-28-38(24-25-40(39)29-41)33-14-7-4-8-15-33/h3-31H,1-2H3. The summed E-state index contributed by atoms with van der Waals surface area (Å²) in [5.41, 5.74) is 10.3. The van der Waals surface area contributed by atoms with Crippen LogP contribution in [0.25, 0.3) is 89.1 Å². The van der Waals surface area contributed by atoms with Crippen molar-refractivity contribution in [3.8, 4) is 67.5 Å². The molecule has 10 rings (SSSR count). The van der Waals surface area contributed by atoms with Crippen molar-refractivity contribution in [3.63, 3.8) is 0 Å². The highest BCUT2D eigenvalue weighted by Crippen LogP contribution is 2.38. The number of hydrogen-bond acceptors (Lipinski definition) is 3. The number of hydrogen-bond donors (Lipinski definition) is 0. The maximum absolute atomic E-state index is 5.29. The van der Waals surface area contributed by atoms with Crippen LogP contribution in [0.1, 0.15) is 0 Å². The third kappa shape index (κ3) is 5.38. The van der Waals surface area contributed by atoms with Gasteiger partial charge in [-0.1, -0.05) is 171 Å². The molecular weight excluding hydrogens is 659 g/mol. The summed E-state index contributed by atoms with van der Waals surface area (Å²) in [5, 5.41) is 7.76. The Morgan fingerprint density at radius 2 is 0.811 bits per heavy atom. The normalized spacial score (nSPS) is 12.9. The van der Waals surface area contributed by atoms with Crippen LogP contribution in [0.5, 0.6) is 0 Å². The fourth-order valence-electron chi connectivity index (χ4n) is 8.05. The van der Waals surface area contributed by atoms with E-state index in [1.807, 2.05) is 6.07 Å². The van der Waals surface area contributed by atoms with Crippen LogP contribution in [0.4, 0.5) is 0 Å². The van der Waals surface area contributed by atoms with Crippen molar-refractivity contribution >= 4 is 40.0 Å². The first-order valence-corrected chi connectivity index (χ1v) is 21.2. The van der Waals surface area contributed by atoms with E-state index in [1.54, 1.807) is 0 Å². The van der Waals surface area contributed by atoms with Crippen molar-refractivity contribution in [2.24, 2.45) is 0 Å². The van der Waals surface area contributed by atoms with Crippen LogP contribution in [-0.2, 0) is 0 Å². The van der Waals surface area contributed by atoms with Crippen LogP contribution in [0, 0.1) is 0 Å². The summed E-state index contributed by atoms with van der Waals surface area (Å²) < 4.78 is 0. The van der Waals surface area contributed by atoms with Crippen LogP contribution >= 0.6 is 0 Å². The molecule has 1 aromatic heterocycles. The van der Waals surface area contributed by atoms with E-state index in [4.69, 9.17) is 15.0 Å². The predicted molar refractivity (Wildman–Crippen MR) is 224 cm³/mol. The number of rotatable bonds is 5. The molecule has 2 heterocycles. The molecule has 0 radical (unpaired) electrons. The lowest BCUT2D eigenvalue weighted by atomic mass is 9.96. The Hall–Kier alpha value is -6.49.